The first-order valence-corrected chi connectivity index (χ1v) is 5.71. The molecule has 0 aliphatic carbocycles. The standard InChI is InChI=1S/C13H17NO2/c1-9-4-6-10(7-5-9)12-11(13(15)16)3-2-8-14-12/h4-7,11-12,14H,2-3,8H2,1H3,(H,15,16)/t11-,12+/m1/s1. The van der Waals surface area contributed by atoms with Crippen molar-refractivity contribution in [3.05, 3.63) is 35.4 Å². The Labute approximate surface area is 95.5 Å². The zero-order valence-electron chi connectivity index (χ0n) is 9.44. The number of benzene rings is 1. The second-order valence-electron chi connectivity index (χ2n) is 4.43. The van der Waals surface area contributed by atoms with Crippen molar-refractivity contribution in [2.24, 2.45) is 5.92 Å². The second kappa shape index (κ2) is 4.66. The fourth-order valence-electron chi connectivity index (χ4n) is 2.28. The lowest BCUT2D eigenvalue weighted by Crippen LogP contribution is -2.38. The fourth-order valence-corrected chi connectivity index (χ4v) is 2.28. The number of hydrogen-bond acceptors (Lipinski definition) is 2. The lowest BCUT2D eigenvalue weighted by molar-refractivity contribution is -0.143. The van der Waals surface area contributed by atoms with Crippen LogP contribution in [0.15, 0.2) is 24.3 Å². The monoisotopic (exact) mass is 219 g/mol. The molecule has 2 N–H and O–H groups in total. The average molecular weight is 219 g/mol. The van der Waals surface area contributed by atoms with Gasteiger partial charge >= 0.3 is 5.97 Å². The van der Waals surface area contributed by atoms with Crippen LogP contribution in [-0.4, -0.2) is 17.6 Å². The molecule has 16 heavy (non-hydrogen) atoms. The Morgan fingerprint density at radius 2 is 2.06 bits per heavy atom. The zero-order valence-corrected chi connectivity index (χ0v) is 9.44. The first kappa shape index (κ1) is 11.1. The molecule has 1 aromatic carbocycles. The quantitative estimate of drug-likeness (QED) is 0.801. The van der Waals surface area contributed by atoms with Crippen molar-refractivity contribution in [2.45, 2.75) is 25.8 Å². The molecular weight excluding hydrogens is 202 g/mol. The summed E-state index contributed by atoms with van der Waals surface area (Å²) >= 11 is 0. The summed E-state index contributed by atoms with van der Waals surface area (Å²) in [5.74, 6) is -0.991. The molecule has 2 atom stereocenters. The van der Waals surface area contributed by atoms with Gasteiger partial charge in [-0.2, -0.15) is 0 Å². The molecular formula is C13H17NO2. The molecule has 0 radical (unpaired) electrons. The van der Waals surface area contributed by atoms with Gasteiger partial charge in [-0.25, -0.2) is 0 Å². The summed E-state index contributed by atoms with van der Waals surface area (Å²) in [6.07, 6.45) is 1.71. The molecule has 3 nitrogen and oxygen atoms in total. The van der Waals surface area contributed by atoms with Crippen molar-refractivity contribution in [3.63, 3.8) is 0 Å². The summed E-state index contributed by atoms with van der Waals surface area (Å²) in [5.41, 5.74) is 2.28. The maximum Gasteiger partial charge on any atom is 0.308 e. The maximum atomic E-state index is 11.2. The molecule has 0 unspecified atom stereocenters. The normalized spacial score (nSPS) is 25.3. The van der Waals surface area contributed by atoms with Crippen LogP contribution in [0.4, 0.5) is 0 Å². The molecule has 1 saturated heterocycles. The Morgan fingerprint density at radius 3 is 2.69 bits per heavy atom. The number of nitrogens with one attached hydrogen (secondary N) is 1. The van der Waals surface area contributed by atoms with Crippen LogP contribution in [0.5, 0.6) is 0 Å². The van der Waals surface area contributed by atoms with E-state index in [1.54, 1.807) is 0 Å². The summed E-state index contributed by atoms with van der Waals surface area (Å²) in [6.45, 7) is 2.94. The number of hydrogen-bond donors (Lipinski definition) is 2. The SMILES string of the molecule is Cc1ccc([C@@H]2NCCC[C@H]2C(=O)O)cc1. The Bertz CT molecular complexity index is 372. The molecule has 1 heterocycles. The summed E-state index contributed by atoms with van der Waals surface area (Å²) in [4.78, 5) is 11.2. The van der Waals surface area contributed by atoms with Gasteiger partial charge in [-0.3, -0.25) is 4.79 Å². The van der Waals surface area contributed by atoms with Crippen molar-refractivity contribution in [2.75, 3.05) is 6.54 Å². The van der Waals surface area contributed by atoms with Crippen LogP contribution in [0.2, 0.25) is 0 Å². The van der Waals surface area contributed by atoms with Gasteiger partial charge in [0.25, 0.3) is 0 Å². The van der Waals surface area contributed by atoms with Crippen LogP contribution in [-0.2, 0) is 4.79 Å². The maximum absolute atomic E-state index is 11.2. The molecule has 2 rings (SSSR count). The molecule has 0 bridgehead atoms. The van der Waals surface area contributed by atoms with Crippen LogP contribution in [0, 0.1) is 12.8 Å². The third-order valence-corrected chi connectivity index (χ3v) is 3.21. The minimum atomic E-state index is -0.697. The van der Waals surface area contributed by atoms with Crippen molar-refractivity contribution >= 4 is 5.97 Å². The van der Waals surface area contributed by atoms with Gasteiger partial charge in [0.15, 0.2) is 0 Å². The number of rotatable bonds is 2. The summed E-state index contributed by atoms with van der Waals surface area (Å²) in [5, 5.41) is 12.5. The average Bonchev–Trinajstić information content (AvgIpc) is 2.30. The van der Waals surface area contributed by atoms with Crippen LogP contribution < -0.4 is 5.32 Å². The predicted octanol–water partition coefficient (Wildman–Crippen LogP) is 2.12. The minimum absolute atomic E-state index is 0.0353. The highest BCUT2D eigenvalue weighted by molar-refractivity contribution is 5.71. The van der Waals surface area contributed by atoms with Gasteiger partial charge in [0.05, 0.1) is 5.92 Å². The van der Waals surface area contributed by atoms with Gasteiger partial charge in [0.2, 0.25) is 0 Å². The third-order valence-electron chi connectivity index (χ3n) is 3.21. The highest BCUT2D eigenvalue weighted by Gasteiger charge is 2.31. The molecule has 1 aliphatic rings. The Kier molecular flexibility index (Phi) is 3.25. The van der Waals surface area contributed by atoms with Gasteiger partial charge in [-0.15, -0.1) is 0 Å². The van der Waals surface area contributed by atoms with Gasteiger partial charge in [-0.1, -0.05) is 29.8 Å². The Balaban J connectivity index is 2.23. The van der Waals surface area contributed by atoms with Gasteiger partial charge in [0.1, 0.15) is 0 Å². The predicted molar refractivity (Wildman–Crippen MR) is 62.3 cm³/mol. The van der Waals surface area contributed by atoms with Crippen LogP contribution >= 0.6 is 0 Å². The molecule has 0 spiro atoms. The number of piperidine rings is 1. The number of carbonyl (C=O) groups is 1. The lowest BCUT2D eigenvalue weighted by Gasteiger charge is -2.30. The summed E-state index contributed by atoms with van der Waals surface area (Å²) in [6, 6.07) is 8.07. The van der Waals surface area contributed by atoms with Crippen molar-refractivity contribution in [1.29, 1.82) is 0 Å². The largest absolute Gasteiger partial charge is 0.481 e. The molecule has 86 valence electrons. The molecule has 0 aromatic heterocycles. The van der Waals surface area contributed by atoms with E-state index in [0.717, 1.165) is 24.9 Å². The Hall–Kier alpha value is -1.35. The highest BCUT2D eigenvalue weighted by Crippen LogP contribution is 2.29. The molecule has 1 fully saturated rings. The fraction of sp³-hybridized carbons (Fsp3) is 0.462. The molecule has 3 heteroatoms. The molecule has 1 aromatic rings. The third kappa shape index (κ3) is 2.25. The topological polar surface area (TPSA) is 49.3 Å². The second-order valence-corrected chi connectivity index (χ2v) is 4.43. The van der Waals surface area contributed by atoms with Crippen LogP contribution in [0.25, 0.3) is 0 Å². The van der Waals surface area contributed by atoms with Gasteiger partial charge in [0, 0.05) is 6.04 Å². The van der Waals surface area contributed by atoms with E-state index in [2.05, 4.69) is 5.32 Å². The molecule has 0 saturated carbocycles. The van der Waals surface area contributed by atoms with Gasteiger partial charge in [-0.05, 0) is 31.9 Å². The summed E-state index contributed by atoms with van der Waals surface area (Å²) in [7, 11) is 0. The van der Waals surface area contributed by atoms with Crippen molar-refractivity contribution in [3.8, 4) is 0 Å². The zero-order chi connectivity index (χ0) is 11.5. The smallest absolute Gasteiger partial charge is 0.308 e. The van der Waals surface area contributed by atoms with E-state index in [1.807, 2.05) is 31.2 Å². The number of carboxylic acid groups (broad SMARTS) is 1. The van der Waals surface area contributed by atoms with E-state index < -0.39 is 5.97 Å². The Morgan fingerprint density at radius 1 is 1.38 bits per heavy atom. The first-order valence-electron chi connectivity index (χ1n) is 5.71. The van der Waals surface area contributed by atoms with E-state index in [0.29, 0.717) is 0 Å². The van der Waals surface area contributed by atoms with E-state index in [1.165, 1.54) is 5.56 Å². The number of aliphatic carboxylic acids is 1. The minimum Gasteiger partial charge on any atom is -0.481 e. The summed E-state index contributed by atoms with van der Waals surface area (Å²) < 4.78 is 0. The van der Waals surface area contributed by atoms with Crippen molar-refractivity contribution < 1.29 is 9.90 Å². The van der Waals surface area contributed by atoms with E-state index in [-0.39, 0.29) is 12.0 Å². The van der Waals surface area contributed by atoms with E-state index in [9.17, 15) is 9.90 Å². The van der Waals surface area contributed by atoms with Gasteiger partial charge < -0.3 is 10.4 Å². The van der Waals surface area contributed by atoms with Crippen LogP contribution in [0.1, 0.15) is 30.0 Å². The molecule has 0 amide bonds. The molecule has 1 aliphatic heterocycles. The number of carboxylic acids is 1. The highest BCUT2D eigenvalue weighted by atomic mass is 16.4. The van der Waals surface area contributed by atoms with E-state index >= 15 is 0 Å². The number of aryl methyl sites for hydroxylation is 1. The van der Waals surface area contributed by atoms with E-state index in [4.69, 9.17) is 0 Å². The lowest BCUT2D eigenvalue weighted by atomic mass is 9.86. The van der Waals surface area contributed by atoms with Crippen LogP contribution in [0.3, 0.4) is 0 Å². The van der Waals surface area contributed by atoms with Crippen molar-refractivity contribution in [1.82, 2.24) is 5.32 Å². The first-order chi connectivity index (χ1) is 7.68.